The van der Waals surface area contributed by atoms with Gasteiger partial charge in [0.25, 0.3) is 0 Å². The van der Waals surface area contributed by atoms with E-state index in [9.17, 15) is 4.79 Å². The van der Waals surface area contributed by atoms with Crippen LogP contribution in [-0.2, 0) is 0 Å². The van der Waals surface area contributed by atoms with Crippen LogP contribution in [-0.4, -0.2) is 29.1 Å². The highest BCUT2D eigenvalue weighted by molar-refractivity contribution is 5.91. The molecule has 1 fully saturated rings. The van der Waals surface area contributed by atoms with E-state index in [1.807, 2.05) is 30.3 Å². The summed E-state index contributed by atoms with van der Waals surface area (Å²) in [5.74, 6) is 0. The quantitative estimate of drug-likeness (QED) is 0.837. The Labute approximate surface area is 118 Å². The van der Waals surface area contributed by atoms with Crippen molar-refractivity contribution in [1.29, 1.82) is 0 Å². The molecule has 5 nitrogen and oxygen atoms in total. The summed E-state index contributed by atoms with van der Waals surface area (Å²) >= 11 is 0. The van der Waals surface area contributed by atoms with Crippen molar-refractivity contribution < 1.29 is 4.79 Å². The van der Waals surface area contributed by atoms with Gasteiger partial charge in [-0.05, 0) is 25.0 Å². The monoisotopic (exact) mass is 270 g/mol. The number of hydrazine groups is 1. The molecule has 3 rings (SSSR count). The standard InChI is InChI=1S/C15H18N4O/c20-15(19-9-5-1-4-8-17-19)18-13-10-12-6-2-3-7-14(12)16-11-13/h2-3,6-7,10-11,17H,1,4-5,8-9H2,(H,18,20). The molecule has 0 bridgehead atoms. The van der Waals surface area contributed by atoms with Gasteiger partial charge >= 0.3 is 6.03 Å². The number of fused-ring (bicyclic) bond motifs is 1. The molecule has 2 N–H and O–H groups in total. The van der Waals surface area contributed by atoms with Gasteiger partial charge in [-0.25, -0.2) is 10.2 Å². The van der Waals surface area contributed by atoms with Gasteiger partial charge in [0.15, 0.2) is 0 Å². The van der Waals surface area contributed by atoms with Crippen LogP contribution in [0.1, 0.15) is 19.3 Å². The molecule has 0 saturated carbocycles. The second kappa shape index (κ2) is 5.88. The lowest BCUT2D eigenvalue weighted by Gasteiger charge is -2.21. The average molecular weight is 270 g/mol. The first-order valence-electron chi connectivity index (χ1n) is 7.00. The third-order valence-corrected chi connectivity index (χ3v) is 3.45. The zero-order chi connectivity index (χ0) is 13.8. The van der Waals surface area contributed by atoms with Crippen LogP contribution in [0, 0.1) is 0 Å². The zero-order valence-electron chi connectivity index (χ0n) is 11.3. The normalized spacial score (nSPS) is 15.9. The number of benzene rings is 1. The first kappa shape index (κ1) is 12.9. The Balaban J connectivity index is 1.73. The van der Waals surface area contributed by atoms with E-state index in [2.05, 4.69) is 15.7 Å². The maximum absolute atomic E-state index is 12.2. The van der Waals surface area contributed by atoms with Gasteiger partial charge in [0, 0.05) is 18.5 Å². The molecule has 0 atom stereocenters. The topological polar surface area (TPSA) is 57.3 Å². The van der Waals surface area contributed by atoms with Crippen molar-refractivity contribution in [3.05, 3.63) is 36.5 Å². The first-order valence-corrected chi connectivity index (χ1v) is 7.00. The fraction of sp³-hybridized carbons (Fsp3) is 0.333. The zero-order valence-corrected chi connectivity index (χ0v) is 11.3. The predicted molar refractivity (Wildman–Crippen MR) is 79.3 cm³/mol. The van der Waals surface area contributed by atoms with Crippen molar-refractivity contribution in [3.63, 3.8) is 0 Å². The highest BCUT2D eigenvalue weighted by atomic mass is 16.2. The molecule has 0 spiro atoms. The van der Waals surface area contributed by atoms with Crippen molar-refractivity contribution in [2.45, 2.75) is 19.3 Å². The van der Waals surface area contributed by atoms with Crippen molar-refractivity contribution in [3.8, 4) is 0 Å². The van der Waals surface area contributed by atoms with Crippen molar-refractivity contribution in [1.82, 2.24) is 15.4 Å². The first-order chi connectivity index (χ1) is 9.83. The van der Waals surface area contributed by atoms with E-state index < -0.39 is 0 Å². The number of amides is 2. The maximum Gasteiger partial charge on any atom is 0.336 e. The number of para-hydroxylation sites is 1. The Hall–Kier alpha value is -2.14. The Morgan fingerprint density at radius 2 is 2.15 bits per heavy atom. The molecule has 0 aliphatic carbocycles. The highest BCUT2D eigenvalue weighted by Crippen LogP contribution is 2.16. The van der Waals surface area contributed by atoms with Gasteiger partial charge in [-0.2, -0.15) is 0 Å². The third kappa shape index (κ3) is 2.88. The van der Waals surface area contributed by atoms with Gasteiger partial charge in [-0.3, -0.25) is 9.99 Å². The molecule has 20 heavy (non-hydrogen) atoms. The number of carbonyl (C=O) groups excluding carboxylic acids is 1. The highest BCUT2D eigenvalue weighted by Gasteiger charge is 2.15. The molecule has 2 amide bonds. The number of rotatable bonds is 1. The lowest BCUT2D eigenvalue weighted by atomic mass is 10.2. The van der Waals surface area contributed by atoms with E-state index in [4.69, 9.17) is 0 Å². The lowest BCUT2D eigenvalue weighted by molar-refractivity contribution is 0.189. The van der Waals surface area contributed by atoms with Crippen LogP contribution < -0.4 is 10.7 Å². The van der Waals surface area contributed by atoms with E-state index in [1.54, 1.807) is 11.2 Å². The predicted octanol–water partition coefficient (Wildman–Crippen LogP) is 2.76. The summed E-state index contributed by atoms with van der Waals surface area (Å²) in [4.78, 5) is 16.5. The largest absolute Gasteiger partial charge is 0.336 e. The Bertz CT molecular complexity index is 606. The molecule has 5 heteroatoms. The van der Waals surface area contributed by atoms with E-state index in [-0.39, 0.29) is 6.03 Å². The molecule has 0 unspecified atom stereocenters. The number of anilines is 1. The average Bonchev–Trinajstić information content (AvgIpc) is 2.76. The molecule has 2 heterocycles. The summed E-state index contributed by atoms with van der Waals surface area (Å²) in [7, 11) is 0. The van der Waals surface area contributed by atoms with Crippen LogP contribution in [0.2, 0.25) is 0 Å². The Kier molecular flexibility index (Phi) is 3.78. The van der Waals surface area contributed by atoms with Crippen LogP contribution in [0.15, 0.2) is 36.5 Å². The minimum atomic E-state index is -0.121. The van der Waals surface area contributed by atoms with E-state index in [1.165, 1.54) is 0 Å². The number of hydrogen-bond acceptors (Lipinski definition) is 3. The molecular weight excluding hydrogens is 252 g/mol. The van der Waals surface area contributed by atoms with Gasteiger partial charge in [0.1, 0.15) is 0 Å². The summed E-state index contributed by atoms with van der Waals surface area (Å²) in [6, 6.07) is 9.68. The Morgan fingerprint density at radius 3 is 3.10 bits per heavy atom. The number of urea groups is 1. The molecule has 1 saturated heterocycles. The van der Waals surface area contributed by atoms with E-state index in [0.29, 0.717) is 0 Å². The number of pyridine rings is 1. The minimum Gasteiger partial charge on any atom is -0.305 e. The summed E-state index contributed by atoms with van der Waals surface area (Å²) < 4.78 is 0. The summed E-state index contributed by atoms with van der Waals surface area (Å²) in [5, 5.41) is 5.57. The summed E-state index contributed by atoms with van der Waals surface area (Å²) in [6.45, 7) is 1.59. The number of nitrogens with zero attached hydrogens (tertiary/aromatic N) is 2. The summed E-state index contributed by atoms with van der Waals surface area (Å²) in [5.41, 5.74) is 4.79. The fourth-order valence-electron chi connectivity index (χ4n) is 2.37. The van der Waals surface area contributed by atoms with Crippen LogP contribution in [0.3, 0.4) is 0 Å². The number of hydrogen-bond donors (Lipinski definition) is 2. The molecule has 1 aromatic heterocycles. The Morgan fingerprint density at radius 1 is 1.25 bits per heavy atom. The maximum atomic E-state index is 12.2. The second-order valence-corrected chi connectivity index (χ2v) is 4.97. The summed E-state index contributed by atoms with van der Waals surface area (Å²) in [6.07, 6.45) is 5.00. The molecule has 1 aliphatic heterocycles. The lowest BCUT2D eigenvalue weighted by Crippen LogP contribution is -2.44. The SMILES string of the molecule is O=C(Nc1cnc2ccccc2c1)N1CCCCCN1. The molecule has 1 aliphatic rings. The number of aromatic nitrogens is 1. The minimum absolute atomic E-state index is 0.121. The van der Waals surface area contributed by atoms with Crippen molar-refractivity contribution in [2.24, 2.45) is 0 Å². The molecule has 2 aromatic rings. The van der Waals surface area contributed by atoms with Crippen LogP contribution in [0.25, 0.3) is 10.9 Å². The van der Waals surface area contributed by atoms with Gasteiger partial charge < -0.3 is 5.32 Å². The van der Waals surface area contributed by atoms with E-state index in [0.717, 1.165) is 48.9 Å². The number of carbonyl (C=O) groups is 1. The van der Waals surface area contributed by atoms with E-state index >= 15 is 0 Å². The fourth-order valence-corrected chi connectivity index (χ4v) is 2.37. The molecule has 1 aromatic carbocycles. The van der Waals surface area contributed by atoms with Gasteiger partial charge in [-0.1, -0.05) is 24.6 Å². The second-order valence-electron chi connectivity index (χ2n) is 4.97. The van der Waals surface area contributed by atoms with Crippen LogP contribution in [0.4, 0.5) is 10.5 Å². The third-order valence-electron chi connectivity index (χ3n) is 3.45. The smallest absolute Gasteiger partial charge is 0.305 e. The van der Waals surface area contributed by atoms with Crippen molar-refractivity contribution in [2.75, 3.05) is 18.4 Å². The van der Waals surface area contributed by atoms with Crippen molar-refractivity contribution >= 4 is 22.6 Å². The number of nitrogens with one attached hydrogen (secondary N) is 2. The van der Waals surface area contributed by atoms with Crippen LogP contribution in [0.5, 0.6) is 0 Å². The van der Waals surface area contributed by atoms with Gasteiger partial charge in [0.05, 0.1) is 17.4 Å². The molecular formula is C15H18N4O. The molecule has 104 valence electrons. The van der Waals surface area contributed by atoms with Gasteiger partial charge in [-0.15, -0.1) is 0 Å². The van der Waals surface area contributed by atoms with Crippen LogP contribution >= 0.6 is 0 Å². The van der Waals surface area contributed by atoms with Gasteiger partial charge in [0.2, 0.25) is 0 Å². The molecule has 0 radical (unpaired) electrons.